The van der Waals surface area contributed by atoms with Crippen molar-refractivity contribution >= 4 is 82.1 Å². The van der Waals surface area contributed by atoms with E-state index in [1.165, 1.54) is 43.1 Å². The number of nitrogens with zero attached hydrogens (tertiary/aromatic N) is 1. The van der Waals surface area contributed by atoms with Crippen molar-refractivity contribution in [1.82, 2.24) is 0 Å². The van der Waals surface area contributed by atoms with Gasteiger partial charge in [0.1, 0.15) is 5.58 Å². The van der Waals surface area contributed by atoms with Crippen molar-refractivity contribution in [3.63, 3.8) is 0 Å². The van der Waals surface area contributed by atoms with Gasteiger partial charge in [-0.25, -0.2) is 0 Å². The Morgan fingerprint density at radius 1 is 0.357 bits per heavy atom. The number of hydrogen-bond donors (Lipinski definition) is 0. The van der Waals surface area contributed by atoms with Crippen LogP contribution in [0.25, 0.3) is 65.0 Å². The number of rotatable bonds is 3. The zero-order chi connectivity index (χ0) is 27.6. The Labute approximate surface area is 242 Å². The molecule has 0 aliphatic heterocycles. The molecule has 0 aliphatic carbocycles. The number of hydrogen-bond acceptors (Lipinski definition) is 2. The summed E-state index contributed by atoms with van der Waals surface area (Å²) in [6.07, 6.45) is 0. The molecule has 8 aromatic carbocycles. The lowest BCUT2D eigenvalue weighted by atomic mass is 9.98. The van der Waals surface area contributed by atoms with E-state index in [9.17, 15) is 0 Å². The van der Waals surface area contributed by atoms with Crippen LogP contribution in [0.15, 0.2) is 156 Å². The maximum atomic E-state index is 6.61. The van der Waals surface area contributed by atoms with Crippen LogP contribution in [0.2, 0.25) is 0 Å². The van der Waals surface area contributed by atoms with Crippen LogP contribution in [-0.4, -0.2) is 0 Å². The molecule has 0 bridgehead atoms. The van der Waals surface area contributed by atoms with E-state index in [-0.39, 0.29) is 0 Å². The van der Waals surface area contributed by atoms with Gasteiger partial charge in [0.05, 0.1) is 11.4 Å². The van der Waals surface area contributed by atoms with Gasteiger partial charge in [-0.1, -0.05) is 121 Å². The van der Waals surface area contributed by atoms with Crippen molar-refractivity contribution in [3.8, 4) is 0 Å². The normalized spacial score (nSPS) is 11.8. The van der Waals surface area contributed by atoms with E-state index in [4.69, 9.17) is 4.42 Å². The average Bonchev–Trinajstić information content (AvgIpc) is 3.44. The molecule has 0 fully saturated rings. The quantitative estimate of drug-likeness (QED) is 0.209. The van der Waals surface area contributed by atoms with Gasteiger partial charge in [0, 0.05) is 21.8 Å². The summed E-state index contributed by atoms with van der Waals surface area (Å²) in [4.78, 5) is 2.38. The third kappa shape index (κ3) is 3.39. The second-order valence-corrected chi connectivity index (χ2v) is 10.9. The van der Waals surface area contributed by atoms with E-state index >= 15 is 0 Å². The van der Waals surface area contributed by atoms with E-state index < -0.39 is 0 Å². The van der Waals surface area contributed by atoms with Crippen LogP contribution in [0.4, 0.5) is 17.1 Å². The summed E-state index contributed by atoms with van der Waals surface area (Å²) in [7, 11) is 0. The lowest BCUT2D eigenvalue weighted by Gasteiger charge is -2.28. The summed E-state index contributed by atoms with van der Waals surface area (Å²) in [5.41, 5.74) is 5.01. The van der Waals surface area contributed by atoms with Gasteiger partial charge >= 0.3 is 0 Å². The molecule has 0 aliphatic rings. The summed E-state index contributed by atoms with van der Waals surface area (Å²) in [5.74, 6) is 0. The highest BCUT2D eigenvalue weighted by Gasteiger charge is 2.22. The monoisotopic (exact) mass is 535 g/mol. The Morgan fingerprint density at radius 3 is 1.81 bits per heavy atom. The van der Waals surface area contributed by atoms with Gasteiger partial charge in [0.2, 0.25) is 0 Å². The Bertz CT molecular complexity index is 2490. The van der Waals surface area contributed by atoms with Crippen LogP contribution in [0.5, 0.6) is 0 Å². The lowest BCUT2D eigenvalue weighted by molar-refractivity contribution is 0.669. The average molecular weight is 536 g/mol. The Kier molecular flexibility index (Phi) is 4.93. The van der Waals surface area contributed by atoms with Crippen LogP contribution in [-0.2, 0) is 0 Å². The van der Waals surface area contributed by atoms with E-state index in [0.717, 1.165) is 39.0 Å². The Morgan fingerprint density at radius 2 is 0.952 bits per heavy atom. The van der Waals surface area contributed by atoms with Crippen molar-refractivity contribution in [3.05, 3.63) is 152 Å². The minimum Gasteiger partial charge on any atom is -0.454 e. The molecule has 2 nitrogen and oxygen atoms in total. The fourth-order valence-corrected chi connectivity index (χ4v) is 6.68. The molecule has 2 heteroatoms. The molecule has 0 spiro atoms. The molecular formula is C40H25NO. The summed E-state index contributed by atoms with van der Waals surface area (Å²) >= 11 is 0. The summed E-state index contributed by atoms with van der Waals surface area (Å²) in [6, 6.07) is 54.4. The highest BCUT2D eigenvalue weighted by Crippen LogP contribution is 2.46. The standard InChI is InChI=1S/C40H25NO/c1-3-12-30-26(10-1)20-21-28-24-29(22-23-32(28)30)41(37-18-9-17-36-35-16-7-8-19-39(35)42-40(36)37)38-25-27-11-2-4-13-31(27)33-14-5-6-15-34(33)38/h1-25H. The Hall–Kier alpha value is -5.60. The molecule has 0 amide bonds. The number of furan rings is 1. The molecule has 0 unspecified atom stereocenters. The van der Waals surface area contributed by atoms with Gasteiger partial charge in [-0.2, -0.15) is 0 Å². The first-order chi connectivity index (χ1) is 20.8. The number of anilines is 3. The maximum Gasteiger partial charge on any atom is 0.159 e. The number of para-hydroxylation sites is 2. The van der Waals surface area contributed by atoms with Crippen LogP contribution in [0, 0.1) is 0 Å². The zero-order valence-corrected chi connectivity index (χ0v) is 22.8. The summed E-state index contributed by atoms with van der Waals surface area (Å²) in [5, 5.41) is 12.1. The molecule has 0 radical (unpaired) electrons. The molecule has 0 atom stereocenters. The van der Waals surface area contributed by atoms with Crippen LogP contribution >= 0.6 is 0 Å². The highest BCUT2D eigenvalue weighted by atomic mass is 16.3. The second kappa shape index (κ2) is 8.95. The van der Waals surface area contributed by atoms with E-state index in [0.29, 0.717) is 0 Å². The first-order valence-corrected chi connectivity index (χ1v) is 14.4. The van der Waals surface area contributed by atoms with Crippen molar-refractivity contribution in [2.45, 2.75) is 0 Å². The van der Waals surface area contributed by atoms with Gasteiger partial charge < -0.3 is 9.32 Å². The molecular weight excluding hydrogens is 510 g/mol. The fourth-order valence-electron chi connectivity index (χ4n) is 6.68. The van der Waals surface area contributed by atoms with Crippen molar-refractivity contribution in [2.75, 3.05) is 4.90 Å². The predicted molar refractivity (Wildman–Crippen MR) is 178 cm³/mol. The summed E-state index contributed by atoms with van der Waals surface area (Å²) in [6.45, 7) is 0. The number of benzene rings is 8. The second-order valence-electron chi connectivity index (χ2n) is 10.9. The molecule has 42 heavy (non-hydrogen) atoms. The van der Waals surface area contributed by atoms with E-state index in [1.54, 1.807) is 0 Å². The SMILES string of the molecule is c1ccc2c(c1)ccc1cc(N(c3cc4ccccc4c4ccccc34)c3cccc4c3oc3ccccc34)ccc12. The Balaban J connectivity index is 1.40. The molecule has 1 aromatic heterocycles. The van der Waals surface area contributed by atoms with Crippen molar-refractivity contribution in [2.24, 2.45) is 0 Å². The van der Waals surface area contributed by atoms with Crippen molar-refractivity contribution in [1.29, 1.82) is 0 Å². The third-order valence-electron chi connectivity index (χ3n) is 8.60. The van der Waals surface area contributed by atoms with Gasteiger partial charge in [0.25, 0.3) is 0 Å². The largest absolute Gasteiger partial charge is 0.454 e. The minimum absolute atomic E-state index is 0.884. The third-order valence-corrected chi connectivity index (χ3v) is 8.60. The first kappa shape index (κ1) is 23.1. The lowest BCUT2D eigenvalue weighted by Crippen LogP contribution is -2.11. The minimum atomic E-state index is 0.884. The predicted octanol–water partition coefficient (Wildman–Crippen LogP) is 11.7. The smallest absolute Gasteiger partial charge is 0.159 e. The van der Waals surface area contributed by atoms with E-state index in [2.05, 4.69) is 150 Å². The molecule has 0 saturated carbocycles. The molecule has 0 N–H and O–H groups in total. The topological polar surface area (TPSA) is 16.4 Å². The van der Waals surface area contributed by atoms with Gasteiger partial charge in [-0.3, -0.25) is 0 Å². The van der Waals surface area contributed by atoms with Gasteiger partial charge in [-0.05, 0) is 68.0 Å². The molecule has 196 valence electrons. The zero-order valence-electron chi connectivity index (χ0n) is 22.8. The molecule has 0 saturated heterocycles. The van der Waals surface area contributed by atoms with Crippen molar-refractivity contribution < 1.29 is 4.42 Å². The highest BCUT2D eigenvalue weighted by molar-refractivity contribution is 6.17. The molecule has 1 heterocycles. The van der Waals surface area contributed by atoms with Crippen LogP contribution in [0.3, 0.4) is 0 Å². The van der Waals surface area contributed by atoms with E-state index in [1.807, 2.05) is 6.07 Å². The van der Waals surface area contributed by atoms with Gasteiger partial charge in [-0.15, -0.1) is 0 Å². The molecule has 9 rings (SSSR count). The van der Waals surface area contributed by atoms with Gasteiger partial charge in [0.15, 0.2) is 5.58 Å². The van der Waals surface area contributed by atoms with Crippen LogP contribution < -0.4 is 4.90 Å². The summed E-state index contributed by atoms with van der Waals surface area (Å²) < 4.78 is 6.61. The molecule has 9 aromatic rings. The maximum absolute atomic E-state index is 6.61. The fraction of sp³-hybridized carbons (Fsp3) is 0. The first-order valence-electron chi connectivity index (χ1n) is 14.4. The number of fused-ring (bicyclic) bond motifs is 9. The van der Waals surface area contributed by atoms with Crippen LogP contribution in [0.1, 0.15) is 0 Å².